The van der Waals surface area contributed by atoms with Gasteiger partial charge in [0.05, 0.1) is 16.8 Å². The van der Waals surface area contributed by atoms with Crippen molar-refractivity contribution in [1.82, 2.24) is 4.72 Å². The third-order valence-electron chi connectivity index (χ3n) is 5.60. The minimum absolute atomic E-state index is 0.0457. The fraction of sp³-hybridized carbons (Fsp3) is 0.588. The first-order valence-corrected chi connectivity index (χ1v) is 10.4. The van der Waals surface area contributed by atoms with Crippen LogP contribution in [0.15, 0.2) is 12.1 Å². The molecule has 1 aromatic carbocycles. The van der Waals surface area contributed by atoms with Gasteiger partial charge in [0, 0.05) is 6.07 Å². The number of nitrogens with one attached hydrogen (secondary N) is 1. The van der Waals surface area contributed by atoms with Crippen molar-refractivity contribution in [2.24, 2.45) is 23.2 Å². The highest BCUT2D eigenvalue weighted by molar-refractivity contribution is 7.89. The SMILES string of the molecule is C[C@@H]1[C@H]2C(C[C@H]1Oc1cc(F)c(C(=O)NS(C)(=O)=O)cc1Cl)C2(C)C. The summed E-state index contributed by atoms with van der Waals surface area (Å²) in [4.78, 5) is 11.8. The van der Waals surface area contributed by atoms with E-state index in [9.17, 15) is 17.6 Å². The van der Waals surface area contributed by atoms with Gasteiger partial charge in [-0.05, 0) is 35.7 Å². The Morgan fingerprint density at radius 1 is 1.40 bits per heavy atom. The molecule has 0 heterocycles. The molecule has 3 rings (SSSR count). The Hall–Kier alpha value is -1.34. The second-order valence-electron chi connectivity index (χ2n) is 7.67. The highest BCUT2D eigenvalue weighted by Gasteiger charge is 2.66. The molecular weight excluding hydrogens is 369 g/mol. The number of halogens is 2. The molecule has 0 aliphatic heterocycles. The number of hydrogen-bond acceptors (Lipinski definition) is 4. The number of carbonyl (C=O) groups excluding carboxylic acids is 1. The van der Waals surface area contributed by atoms with Crippen LogP contribution in [0.4, 0.5) is 4.39 Å². The predicted octanol–water partition coefficient (Wildman–Crippen LogP) is 3.23. The lowest BCUT2D eigenvalue weighted by Crippen LogP contribution is -2.30. The summed E-state index contributed by atoms with van der Waals surface area (Å²) >= 11 is 6.13. The lowest BCUT2D eigenvalue weighted by atomic mass is 9.92. The van der Waals surface area contributed by atoms with Gasteiger partial charge in [-0.2, -0.15) is 0 Å². The van der Waals surface area contributed by atoms with Crippen LogP contribution < -0.4 is 9.46 Å². The summed E-state index contributed by atoms with van der Waals surface area (Å²) in [7, 11) is -3.79. The zero-order valence-corrected chi connectivity index (χ0v) is 16.0. The van der Waals surface area contributed by atoms with Crippen LogP contribution in [0.1, 0.15) is 37.6 Å². The fourth-order valence-electron chi connectivity index (χ4n) is 4.31. The van der Waals surface area contributed by atoms with Crippen molar-refractivity contribution in [3.63, 3.8) is 0 Å². The molecule has 138 valence electrons. The molecule has 0 radical (unpaired) electrons. The van der Waals surface area contributed by atoms with E-state index in [1.807, 2.05) is 0 Å². The van der Waals surface area contributed by atoms with Crippen LogP contribution in [0.5, 0.6) is 5.75 Å². The Balaban J connectivity index is 1.76. The second-order valence-corrected chi connectivity index (χ2v) is 9.83. The second kappa shape index (κ2) is 5.84. The highest BCUT2D eigenvalue weighted by atomic mass is 35.5. The molecule has 0 aromatic heterocycles. The van der Waals surface area contributed by atoms with E-state index in [2.05, 4.69) is 20.8 Å². The van der Waals surface area contributed by atoms with Crippen LogP contribution in [-0.4, -0.2) is 26.7 Å². The molecule has 2 fully saturated rings. The number of hydrogen-bond donors (Lipinski definition) is 1. The molecular formula is C17H21ClFNO4S. The summed E-state index contributed by atoms with van der Waals surface area (Å²) in [6, 6.07) is 2.14. The Morgan fingerprint density at radius 2 is 2.04 bits per heavy atom. The van der Waals surface area contributed by atoms with Gasteiger partial charge in [0.1, 0.15) is 17.7 Å². The van der Waals surface area contributed by atoms with Crippen molar-refractivity contribution in [3.05, 3.63) is 28.5 Å². The van der Waals surface area contributed by atoms with Crippen molar-refractivity contribution in [2.75, 3.05) is 6.26 Å². The largest absolute Gasteiger partial charge is 0.488 e. The van der Waals surface area contributed by atoms with Crippen LogP contribution >= 0.6 is 11.6 Å². The third kappa shape index (κ3) is 3.36. The van der Waals surface area contributed by atoms with Crippen LogP contribution in [0.2, 0.25) is 5.02 Å². The van der Waals surface area contributed by atoms with Gasteiger partial charge in [0.2, 0.25) is 10.0 Å². The summed E-state index contributed by atoms with van der Waals surface area (Å²) in [6.45, 7) is 6.62. The number of benzene rings is 1. The first kappa shape index (κ1) is 18.5. The molecule has 1 unspecified atom stereocenters. The maximum Gasteiger partial charge on any atom is 0.267 e. The number of carbonyl (C=O) groups is 1. The van der Waals surface area contributed by atoms with E-state index in [-0.39, 0.29) is 16.9 Å². The van der Waals surface area contributed by atoms with Crippen LogP contribution in [-0.2, 0) is 10.0 Å². The van der Waals surface area contributed by atoms with Gasteiger partial charge in [-0.25, -0.2) is 17.5 Å². The molecule has 0 spiro atoms. The zero-order chi connectivity index (χ0) is 18.7. The molecule has 2 saturated carbocycles. The quantitative estimate of drug-likeness (QED) is 0.858. The van der Waals surface area contributed by atoms with E-state index in [1.54, 1.807) is 4.72 Å². The van der Waals surface area contributed by atoms with Crippen LogP contribution in [0, 0.1) is 29.0 Å². The number of fused-ring (bicyclic) bond motifs is 1. The zero-order valence-electron chi connectivity index (χ0n) is 14.5. The molecule has 1 aromatic rings. The molecule has 8 heteroatoms. The molecule has 0 saturated heterocycles. The van der Waals surface area contributed by atoms with E-state index in [4.69, 9.17) is 16.3 Å². The Kier molecular flexibility index (Phi) is 4.31. The van der Waals surface area contributed by atoms with E-state index in [1.165, 1.54) is 0 Å². The molecule has 25 heavy (non-hydrogen) atoms. The lowest BCUT2D eigenvalue weighted by Gasteiger charge is -2.25. The van der Waals surface area contributed by atoms with Crippen molar-refractivity contribution in [3.8, 4) is 5.75 Å². The van der Waals surface area contributed by atoms with Crippen molar-refractivity contribution in [2.45, 2.75) is 33.3 Å². The van der Waals surface area contributed by atoms with Crippen LogP contribution in [0.3, 0.4) is 0 Å². The molecule has 4 atom stereocenters. The number of amides is 1. The van der Waals surface area contributed by atoms with E-state index < -0.39 is 27.3 Å². The lowest BCUT2D eigenvalue weighted by molar-refractivity contribution is 0.0977. The minimum Gasteiger partial charge on any atom is -0.488 e. The van der Waals surface area contributed by atoms with Crippen LogP contribution in [0.25, 0.3) is 0 Å². The molecule has 1 N–H and O–H groups in total. The average molecular weight is 390 g/mol. The molecule has 2 aliphatic carbocycles. The molecule has 2 aliphatic rings. The Morgan fingerprint density at radius 3 is 2.56 bits per heavy atom. The first-order valence-electron chi connectivity index (χ1n) is 8.09. The Labute approximate surface area is 151 Å². The van der Waals surface area contributed by atoms with Crippen molar-refractivity contribution < 1.29 is 22.3 Å². The summed E-state index contributed by atoms with van der Waals surface area (Å²) < 4.78 is 44.1. The van der Waals surface area contributed by atoms with Crippen molar-refractivity contribution >= 4 is 27.5 Å². The number of rotatable bonds is 4. The van der Waals surface area contributed by atoms with Gasteiger partial charge in [0.15, 0.2) is 0 Å². The van der Waals surface area contributed by atoms with Gasteiger partial charge < -0.3 is 4.74 Å². The fourth-order valence-corrected chi connectivity index (χ4v) is 4.97. The number of ether oxygens (including phenoxy) is 1. The normalized spacial score (nSPS) is 29.8. The van der Waals surface area contributed by atoms with Crippen molar-refractivity contribution in [1.29, 1.82) is 0 Å². The minimum atomic E-state index is -3.79. The molecule has 1 amide bonds. The smallest absolute Gasteiger partial charge is 0.267 e. The highest BCUT2D eigenvalue weighted by Crippen LogP contribution is 2.69. The maximum atomic E-state index is 14.2. The summed E-state index contributed by atoms with van der Waals surface area (Å²) in [6.07, 6.45) is 1.67. The number of sulfonamides is 1. The van der Waals surface area contributed by atoms with Gasteiger partial charge >= 0.3 is 0 Å². The average Bonchev–Trinajstić information content (AvgIpc) is 2.80. The van der Waals surface area contributed by atoms with Gasteiger partial charge in [-0.15, -0.1) is 0 Å². The molecule has 0 bridgehead atoms. The summed E-state index contributed by atoms with van der Waals surface area (Å²) in [5, 5.41) is 0.0760. The van der Waals surface area contributed by atoms with Gasteiger partial charge in [-0.3, -0.25) is 4.79 Å². The first-order chi connectivity index (χ1) is 11.4. The summed E-state index contributed by atoms with van der Waals surface area (Å²) in [5.41, 5.74) is -0.103. The topological polar surface area (TPSA) is 72.5 Å². The third-order valence-corrected chi connectivity index (χ3v) is 6.45. The van der Waals surface area contributed by atoms with E-state index in [0.29, 0.717) is 23.2 Å². The van der Waals surface area contributed by atoms with E-state index >= 15 is 0 Å². The van der Waals surface area contributed by atoms with Gasteiger partial charge in [-0.1, -0.05) is 32.4 Å². The Bertz CT molecular complexity index is 839. The monoisotopic (exact) mass is 389 g/mol. The maximum absolute atomic E-state index is 14.2. The predicted molar refractivity (Wildman–Crippen MR) is 92.7 cm³/mol. The summed E-state index contributed by atoms with van der Waals surface area (Å²) in [5.74, 6) is -0.224. The van der Waals surface area contributed by atoms with Gasteiger partial charge in [0.25, 0.3) is 5.91 Å². The molecule has 5 nitrogen and oxygen atoms in total. The van der Waals surface area contributed by atoms with E-state index in [0.717, 1.165) is 24.8 Å². The standard InChI is InChI=1S/C17H21ClFNO4S/c1-8-13(6-10-15(8)17(10,2)3)24-14-7-12(19)9(5-11(14)18)16(21)20-25(4,22)23/h5,7-8,10,13,15H,6H2,1-4H3,(H,20,21)/t8-,10?,13+,15-/m0/s1.